The molecule has 6 heteroatoms. The summed E-state index contributed by atoms with van der Waals surface area (Å²) in [6.45, 7) is 6.46. The summed E-state index contributed by atoms with van der Waals surface area (Å²) < 4.78 is 0. The second-order valence-corrected chi connectivity index (χ2v) is 7.37. The van der Waals surface area contributed by atoms with Crippen LogP contribution in [-0.4, -0.2) is 32.2 Å². The maximum absolute atomic E-state index is 12.9. The highest BCUT2D eigenvalue weighted by Gasteiger charge is 2.30. The van der Waals surface area contributed by atoms with E-state index in [1.54, 1.807) is 0 Å². The van der Waals surface area contributed by atoms with Gasteiger partial charge in [0.2, 0.25) is 5.82 Å². The number of para-hydroxylation sites is 1. The molecule has 2 aromatic carbocycles. The number of amides is 1. The smallest absolute Gasteiger partial charge is 0.250 e. The molecule has 0 fully saturated rings. The highest BCUT2D eigenvalue weighted by atomic mass is 16.2. The normalized spacial score (nSPS) is 16.0. The number of hydrogen-bond acceptors (Lipinski definition) is 4. The summed E-state index contributed by atoms with van der Waals surface area (Å²) >= 11 is 0. The number of carbonyl (C=O) groups is 1. The number of anilines is 1. The standard InChI is InChI=1S/C21H23N5O/c1-14(2)16-8-10-17(11-9-16)21-22-24-25(23-21)13-20(27)26-15(3)12-18-6-4-5-7-19(18)26/h4-11,14-15H,12-13H2,1-3H3/t15-/m1/s1. The molecule has 0 spiro atoms. The molecule has 138 valence electrons. The largest absolute Gasteiger partial charge is 0.307 e. The molecule has 2 heterocycles. The minimum atomic E-state index is -0.0217. The molecule has 4 rings (SSSR count). The van der Waals surface area contributed by atoms with Gasteiger partial charge in [0.25, 0.3) is 5.91 Å². The van der Waals surface area contributed by atoms with Crippen molar-refractivity contribution in [2.24, 2.45) is 0 Å². The van der Waals surface area contributed by atoms with Crippen LogP contribution in [-0.2, 0) is 17.8 Å². The highest BCUT2D eigenvalue weighted by Crippen LogP contribution is 2.31. The molecule has 6 nitrogen and oxygen atoms in total. The Balaban J connectivity index is 1.50. The van der Waals surface area contributed by atoms with Crippen LogP contribution in [0.3, 0.4) is 0 Å². The first-order valence-corrected chi connectivity index (χ1v) is 9.31. The Labute approximate surface area is 158 Å². The van der Waals surface area contributed by atoms with Crippen molar-refractivity contribution in [1.29, 1.82) is 0 Å². The van der Waals surface area contributed by atoms with Crippen LogP contribution in [0.4, 0.5) is 5.69 Å². The fourth-order valence-electron chi connectivity index (χ4n) is 3.59. The Kier molecular flexibility index (Phi) is 4.48. The molecule has 1 amide bonds. The zero-order valence-electron chi connectivity index (χ0n) is 15.8. The first kappa shape index (κ1) is 17.4. The molecule has 0 aliphatic carbocycles. The van der Waals surface area contributed by atoms with Gasteiger partial charge in [0.05, 0.1) is 0 Å². The predicted molar refractivity (Wildman–Crippen MR) is 104 cm³/mol. The maximum atomic E-state index is 12.9. The van der Waals surface area contributed by atoms with Crippen LogP contribution in [0.2, 0.25) is 0 Å². The Bertz CT molecular complexity index is 961. The van der Waals surface area contributed by atoms with Crippen molar-refractivity contribution in [2.75, 3.05) is 4.90 Å². The van der Waals surface area contributed by atoms with E-state index in [1.165, 1.54) is 15.9 Å². The van der Waals surface area contributed by atoms with Gasteiger partial charge in [-0.05, 0) is 41.7 Å². The Morgan fingerprint density at radius 3 is 2.63 bits per heavy atom. The summed E-state index contributed by atoms with van der Waals surface area (Å²) in [4.78, 5) is 16.1. The van der Waals surface area contributed by atoms with Gasteiger partial charge in [-0.2, -0.15) is 4.80 Å². The molecule has 3 aromatic rings. The first-order valence-electron chi connectivity index (χ1n) is 9.31. The van der Waals surface area contributed by atoms with Crippen molar-refractivity contribution in [3.63, 3.8) is 0 Å². The van der Waals surface area contributed by atoms with E-state index in [0.717, 1.165) is 17.7 Å². The van der Waals surface area contributed by atoms with E-state index in [-0.39, 0.29) is 18.5 Å². The number of carbonyl (C=O) groups excluding carboxylic acids is 1. The van der Waals surface area contributed by atoms with Gasteiger partial charge in [0.15, 0.2) is 0 Å². The second kappa shape index (κ2) is 6.95. The van der Waals surface area contributed by atoms with Gasteiger partial charge in [0, 0.05) is 17.3 Å². The van der Waals surface area contributed by atoms with Crippen molar-refractivity contribution in [1.82, 2.24) is 20.2 Å². The molecular weight excluding hydrogens is 338 g/mol. The molecule has 0 bridgehead atoms. The summed E-state index contributed by atoms with van der Waals surface area (Å²) in [7, 11) is 0. The molecule has 0 unspecified atom stereocenters. The minimum Gasteiger partial charge on any atom is -0.307 e. The van der Waals surface area contributed by atoms with Crippen LogP contribution in [0.5, 0.6) is 0 Å². The number of rotatable bonds is 4. The van der Waals surface area contributed by atoms with Crippen molar-refractivity contribution >= 4 is 11.6 Å². The minimum absolute atomic E-state index is 0.0217. The first-order chi connectivity index (χ1) is 13.0. The molecule has 1 aliphatic heterocycles. The number of nitrogens with zero attached hydrogens (tertiary/aromatic N) is 5. The summed E-state index contributed by atoms with van der Waals surface area (Å²) in [6, 6.07) is 16.3. The van der Waals surface area contributed by atoms with Gasteiger partial charge in [-0.25, -0.2) is 0 Å². The van der Waals surface area contributed by atoms with E-state index in [4.69, 9.17) is 0 Å². The van der Waals surface area contributed by atoms with Crippen LogP contribution >= 0.6 is 0 Å². The Morgan fingerprint density at radius 2 is 1.89 bits per heavy atom. The number of benzene rings is 2. The average molecular weight is 361 g/mol. The number of fused-ring (bicyclic) bond motifs is 1. The number of aromatic nitrogens is 4. The second-order valence-electron chi connectivity index (χ2n) is 7.37. The third-order valence-electron chi connectivity index (χ3n) is 5.04. The monoisotopic (exact) mass is 361 g/mol. The molecule has 27 heavy (non-hydrogen) atoms. The van der Waals surface area contributed by atoms with Crippen LogP contribution in [0.25, 0.3) is 11.4 Å². The van der Waals surface area contributed by atoms with Crippen molar-refractivity contribution < 1.29 is 4.79 Å². The summed E-state index contributed by atoms with van der Waals surface area (Å²) in [5.74, 6) is 0.991. The topological polar surface area (TPSA) is 63.9 Å². The third kappa shape index (κ3) is 3.35. The van der Waals surface area contributed by atoms with E-state index in [1.807, 2.05) is 35.2 Å². The summed E-state index contributed by atoms with van der Waals surface area (Å²) in [6.07, 6.45) is 0.875. The van der Waals surface area contributed by atoms with Crippen LogP contribution in [0, 0.1) is 0 Å². The van der Waals surface area contributed by atoms with E-state index < -0.39 is 0 Å². The van der Waals surface area contributed by atoms with Crippen LogP contribution in [0.15, 0.2) is 48.5 Å². The van der Waals surface area contributed by atoms with Gasteiger partial charge in [-0.3, -0.25) is 4.79 Å². The van der Waals surface area contributed by atoms with E-state index >= 15 is 0 Å². The molecular formula is C21H23N5O. The number of hydrogen-bond donors (Lipinski definition) is 0. The lowest BCUT2D eigenvalue weighted by molar-refractivity contribution is -0.119. The summed E-state index contributed by atoms with van der Waals surface area (Å²) in [5.41, 5.74) is 4.36. The van der Waals surface area contributed by atoms with Crippen molar-refractivity contribution in [3.05, 3.63) is 59.7 Å². The van der Waals surface area contributed by atoms with Gasteiger partial charge >= 0.3 is 0 Å². The van der Waals surface area contributed by atoms with Gasteiger partial charge < -0.3 is 4.90 Å². The lowest BCUT2D eigenvalue weighted by Crippen LogP contribution is -2.38. The predicted octanol–water partition coefficient (Wildman–Crippen LogP) is 3.44. The Morgan fingerprint density at radius 1 is 1.15 bits per heavy atom. The molecule has 0 saturated heterocycles. The lowest BCUT2D eigenvalue weighted by Gasteiger charge is -2.22. The van der Waals surface area contributed by atoms with E-state index in [2.05, 4.69) is 54.4 Å². The fraction of sp³-hybridized carbons (Fsp3) is 0.333. The zero-order valence-corrected chi connectivity index (χ0v) is 15.8. The van der Waals surface area contributed by atoms with E-state index in [9.17, 15) is 4.79 Å². The fourth-order valence-corrected chi connectivity index (χ4v) is 3.59. The zero-order chi connectivity index (χ0) is 19.0. The molecule has 0 radical (unpaired) electrons. The Hall–Kier alpha value is -3.02. The lowest BCUT2D eigenvalue weighted by atomic mass is 10.0. The van der Waals surface area contributed by atoms with Gasteiger partial charge in [-0.15, -0.1) is 10.2 Å². The molecule has 1 aliphatic rings. The SMILES string of the molecule is CC(C)c1ccc(-c2nnn(CC(=O)N3c4ccccc4C[C@H]3C)n2)cc1. The van der Waals surface area contributed by atoms with Crippen LogP contribution < -0.4 is 4.90 Å². The maximum Gasteiger partial charge on any atom is 0.250 e. The van der Waals surface area contributed by atoms with Crippen LogP contribution in [0.1, 0.15) is 37.8 Å². The van der Waals surface area contributed by atoms with Crippen molar-refractivity contribution in [2.45, 2.75) is 45.7 Å². The quantitative estimate of drug-likeness (QED) is 0.714. The van der Waals surface area contributed by atoms with Gasteiger partial charge in [0.1, 0.15) is 6.54 Å². The molecule has 1 aromatic heterocycles. The van der Waals surface area contributed by atoms with Gasteiger partial charge in [-0.1, -0.05) is 56.3 Å². The molecule has 0 N–H and O–H groups in total. The third-order valence-corrected chi connectivity index (χ3v) is 5.04. The summed E-state index contributed by atoms with van der Waals surface area (Å²) in [5, 5.41) is 12.6. The molecule has 0 saturated carbocycles. The average Bonchev–Trinajstić information content (AvgIpc) is 3.25. The van der Waals surface area contributed by atoms with Crippen molar-refractivity contribution in [3.8, 4) is 11.4 Å². The molecule has 1 atom stereocenters. The van der Waals surface area contributed by atoms with E-state index in [0.29, 0.717) is 11.7 Å². The number of tetrazole rings is 1. The highest BCUT2D eigenvalue weighted by molar-refractivity contribution is 5.95.